The molecule has 0 aromatic heterocycles. The summed E-state index contributed by atoms with van der Waals surface area (Å²) in [5, 5.41) is 0. The third kappa shape index (κ3) is 6.45. The Bertz CT molecular complexity index is 444. The van der Waals surface area contributed by atoms with E-state index in [4.69, 9.17) is 4.74 Å². The van der Waals surface area contributed by atoms with E-state index < -0.39 is 12.7 Å². The molecule has 1 saturated heterocycles. The van der Waals surface area contributed by atoms with Gasteiger partial charge in [0.1, 0.15) is 5.75 Å². The molecule has 2 nitrogen and oxygen atoms in total. The number of nitrogens with zero attached hydrogens (tertiary/aromatic N) is 1. The molecule has 0 bridgehead atoms. The number of hydrogen-bond donors (Lipinski definition) is 0. The molecule has 2 rings (SSSR count). The predicted octanol–water partition coefficient (Wildman–Crippen LogP) is 4.52. The summed E-state index contributed by atoms with van der Waals surface area (Å²) in [7, 11) is 0. The summed E-state index contributed by atoms with van der Waals surface area (Å²) in [5.74, 6) is 0.888. The zero-order chi connectivity index (χ0) is 14.6. The predicted molar refractivity (Wildman–Crippen MR) is 82.1 cm³/mol. The van der Waals surface area contributed by atoms with Crippen molar-refractivity contribution >= 4 is 28.3 Å². The molecule has 120 valence electrons. The fourth-order valence-electron chi connectivity index (χ4n) is 2.45. The Labute approximate surface area is 137 Å². The number of halogens is 5. The van der Waals surface area contributed by atoms with Crippen LogP contribution in [0.25, 0.3) is 0 Å². The molecule has 1 aromatic carbocycles. The molecular formula is C14H18BrClF3NO. The Morgan fingerprint density at radius 2 is 2.00 bits per heavy atom. The second-order valence-electron chi connectivity index (χ2n) is 5.10. The highest BCUT2D eigenvalue weighted by molar-refractivity contribution is 9.10. The van der Waals surface area contributed by atoms with E-state index in [0.717, 1.165) is 23.1 Å². The highest BCUT2D eigenvalue weighted by Gasteiger charge is 2.33. The lowest BCUT2D eigenvalue weighted by Gasteiger charge is -2.33. The van der Waals surface area contributed by atoms with Crippen molar-refractivity contribution < 1.29 is 17.9 Å². The zero-order valence-corrected chi connectivity index (χ0v) is 13.8. The number of likely N-dealkylation sites (tertiary alicyclic amines) is 1. The first kappa shape index (κ1) is 18.6. The lowest BCUT2D eigenvalue weighted by molar-refractivity contribution is -0.149. The highest BCUT2D eigenvalue weighted by atomic mass is 79.9. The topological polar surface area (TPSA) is 12.5 Å². The molecule has 1 aliphatic heterocycles. The maximum Gasteiger partial charge on any atom is 0.401 e. The van der Waals surface area contributed by atoms with Crippen molar-refractivity contribution in [3.05, 3.63) is 28.7 Å². The normalized spacial score (nSPS) is 19.9. The van der Waals surface area contributed by atoms with Gasteiger partial charge in [0.15, 0.2) is 0 Å². The largest absolute Gasteiger partial charge is 0.492 e. The van der Waals surface area contributed by atoms with E-state index in [1.54, 1.807) is 0 Å². The van der Waals surface area contributed by atoms with E-state index in [1.807, 2.05) is 24.3 Å². The smallest absolute Gasteiger partial charge is 0.401 e. The summed E-state index contributed by atoms with van der Waals surface area (Å²) in [6, 6.07) is 7.49. The van der Waals surface area contributed by atoms with E-state index in [0.29, 0.717) is 19.7 Å². The van der Waals surface area contributed by atoms with E-state index >= 15 is 0 Å². The van der Waals surface area contributed by atoms with Gasteiger partial charge in [0, 0.05) is 12.5 Å². The van der Waals surface area contributed by atoms with Crippen LogP contribution in [-0.2, 0) is 0 Å². The summed E-state index contributed by atoms with van der Waals surface area (Å²) in [6.45, 7) is 0.602. The molecule has 1 heterocycles. The van der Waals surface area contributed by atoms with Crippen LogP contribution in [0, 0.1) is 5.92 Å². The molecule has 1 aromatic rings. The number of para-hydroxylation sites is 1. The van der Waals surface area contributed by atoms with Gasteiger partial charge in [0.25, 0.3) is 0 Å². The molecule has 1 fully saturated rings. The molecule has 0 spiro atoms. The first-order chi connectivity index (χ1) is 9.44. The Balaban J connectivity index is 0.00000220. The minimum atomic E-state index is -4.12. The second kappa shape index (κ2) is 8.25. The van der Waals surface area contributed by atoms with Crippen molar-refractivity contribution in [1.29, 1.82) is 0 Å². The van der Waals surface area contributed by atoms with Gasteiger partial charge in [-0.15, -0.1) is 12.4 Å². The molecule has 7 heteroatoms. The number of alkyl halides is 3. The van der Waals surface area contributed by atoms with Crippen molar-refractivity contribution in [1.82, 2.24) is 4.90 Å². The van der Waals surface area contributed by atoms with Gasteiger partial charge >= 0.3 is 6.18 Å². The van der Waals surface area contributed by atoms with Gasteiger partial charge in [-0.1, -0.05) is 12.1 Å². The molecule has 0 aliphatic carbocycles. The monoisotopic (exact) mass is 387 g/mol. The lowest BCUT2D eigenvalue weighted by atomic mass is 9.99. The van der Waals surface area contributed by atoms with Crippen LogP contribution in [0.3, 0.4) is 0 Å². The minimum absolute atomic E-state index is 0. The van der Waals surface area contributed by atoms with Gasteiger partial charge < -0.3 is 4.74 Å². The van der Waals surface area contributed by atoms with Crippen LogP contribution in [0.1, 0.15) is 12.8 Å². The minimum Gasteiger partial charge on any atom is -0.492 e. The highest BCUT2D eigenvalue weighted by Crippen LogP contribution is 2.26. The molecular weight excluding hydrogens is 371 g/mol. The first-order valence-electron chi connectivity index (χ1n) is 6.60. The maximum atomic E-state index is 12.4. The average molecular weight is 389 g/mol. The number of rotatable bonds is 4. The fourth-order valence-corrected chi connectivity index (χ4v) is 2.85. The van der Waals surface area contributed by atoms with Crippen LogP contribution in [0.5, 0.6) is 5.75 Å². The van der Waals surface area contributed by atoms with Crippen molar-refractivity contribution in [2.24, 2.45) is 5.92 Å². The van der Waals surface area contributed by atoms with Crippen LogP contribution in [-0.4, -0.2) is 37.3 Å². The summed E-state index contributed by atoms with van der Waals surface area (Å²) in [5.41, 5.74) is 0. The van der Waals surface area contributed by atoms with Crippen LogP contribution >= 0.6 is 28.3 Å². The van der Waals surface area contributed by atoms with Gasteiger partial charge in [0.2, 0.25) is 0 Å². The van der Waals surface area contributed by atoms with Crippen molar-refractivity contribution in [2.75, 3.05) is 26.2 Å². The van der Waals surface area contributed by atoms with Crippen molar-refractivity contribution in [3.8, 4) is 5.75 Å². The number of ether oxygens (including phenoxy) is 1. The number of benzene rings is 1. The molecule has 21 heavy (non-hydrogen) atoms. The molecule has 0 N–H and O–H groups in total. The van der Waals surface area contributed by atoms with Crippen molar-refractivity contribution in [2.45, 2.75) is 19.0 Å². The number of hydrogen-bond acceptors (Lipinski definition) is 2. The number of piperidine rings is 1. The van der Waals surface area contributed by atoms with Crippen LogP contribution in [0.15, 0.2) is 28.7 Å². The Morgan fingerprint density at radius 1 is 1.29 bits per heavy atom. The Hall–Kier alpha value is -0.460. The first-order valence-corrected chi connectivity index (χ1v) is 7.40. The molecule has 0 radical (unpaired) electrons. The maximum absolute atomic E-state index is 12.4. The van der Waals surface area contributed by atoms with Gasteiger partial charge in [-0.3, -0.25) is 4.90 Å². The van der Waals surface area contributed by atoms with Crippen LogP contribution in [0.4, 0.5) is 13.2 Å². The third-order valence-corrected chi connectivity index (χ3v) is 3.97. The van der Waals surface area contributed by atoms with Gasteiger partial charge in [-0.2, -0.15) is 13.2 Å². The summed E-state index contributed by atoms with van der Waals surface area (Å²) in [6.07, 6.45) is -2.41. The van der Waals surface area contributed by atoms with Crippen LogP contribution in [0.2, 0.25) is 0 Å². The second-order valence-corrected chi connectivity index (χ2v) is 5.95. The van der Waals surface area contributed by atoms with Gasteiger partial charge in [-0.25, -0.2) is 0 Å². The Kier molecular flexibility index (Phi) is 7.30. The van der Waals surface area contributed by atoms with E-state index in [9.17, 15) is 13.2 Å². The molecule has 0 unspecified atom stereocenters. The lowest BCUT2D eigenvalue weighted by Crippen LogP contribution is -2.42. The molecule has 0 saturated carbocycles. The van der Waals surface area contributed by atoms with Crippen LogP contribution < -0.4 is 4.74 Å². The van der Waals surface area contributed by atoms with E-state index in [1.165, 1.54) is 4.90 Å². The fraction of sp³-hybridized carbons (Fsp3) is 0.571. The SMILES string of the molecule is Cl.FC(F)(F)CN1CCC[C@@H](COc2ccccc2Br)C1. The van der Waals surface area contributed by atoms with Gasteiger partial charge in [0.05, 0.1) is 17.6 Å². The summed E-state index contributed by atoms with van der Waals surface area (Å²) >= 11 is 3.39. The quantitative estimate of drug-likeness (QED) is 0.752. The van der Waals surface area contributed by atoms with E-state index in [2.05, 4.69) is 15.9 Å². The zero-order valence-electron chi connectivity index (χ0n) is 11.4. The molecule has 1 atom stereocenters. The summed E-state index contributed by atoms with van der Waals surface area (Å²) < 4.78 is 43.7. The van der Waals surface area contributed by atoms with E-state index in [-0.39, 0.29) is 18.3 Å². The molecule has 1 aliphatic rings. The molecule has 0 amide bonds. The summed E-state index contributed by atoms with van der Waals surface area (Å²) in [4.78, 5) is 1.47. The standard InChI is InChI=1S/C14H17BrF3NO.ClH/c15-12-5-1-2-6-13(12)20-9-11-4-3-7-19(8-11)10-14(16,17)18;/h1-2,5-6,11H,3-4,7-10H2;1H/t11-;/m1./s1. The van der Waals surface area contributed by atoms with Gasteiger partial charge in [-0.05, 0) is 47.4 Å². The average Bonchev–Trinajstić information content (AvgIpc) is 2.36. The third-order valence-electron chi connectivity index (χ3n) is 3.32. The Morgan fingerprint density at radius 3 is 2.67 bits per heavy atom. The van der Waals surface area contributed by atoms with Crippen molar-refractivity contribution in [3.63, 3.8) is 0 Å².